The summed E-state index contributed by atoms with van der Waals surface area (Å²) < 4.78 is 0. The molecule has 0 bridgehead atoms. The van der Waals surface area contributed by atoms with Crippen molar-refractivity contribution in [3.05, 3.63) is 17.5 Å². The Balaban J connectivity index is 2.76. The van der Waals surface area contributed by atoms with Crippen molar-refractivity contribution in [2.24, 2.45) is 5.84 Å². The second kappa shape index (κ2) is 5.94. The van der Waals surface area contributed by atoms with Crippen LogP contribution in [0.1, 0.15) is 30.0 Å². The summed E-state index contributed by atoms with van der Waals surface area (Å²) in [5.41, 5.74) is 3.19. The predicted molar refractivity (Wildman–Crippen MR) is 74.7 cm³/mol. The molecule has 0 aliphatic rings. The van der Waals surface area contributed by atoms with Gasteiger partial charge in [0.1, 0.15) is 5.69 Å². The molecule has 0 spiro atoms. The van der Waals surface area contributed by atoms with Gasteiger partial charge in [-0.3, -0.25) is 10.2 Å². The fourth-order valence-electron chi connectivity index (χ4n) is 1.29. The molecule has 0 saturated heterocycles. The number of carbonyl (C=O) groups is 1. The molecule has 0 radical (unpaired) electrons. The number of aryl methyl sites for hydroxylation is 1. The van der Waals surface area contributed by atoms with E-state index in [1.54, 1.807) is 13.0 Å². The number of amides is 1. The Bertz CT molecular complexity index is 458. The fourth-order valence-corrected chi connectivity index (χ4v) is 1.29. The highest BCUT2D eigenvalue weighted by molar-refractivity contribution is 5.92. The topological polar surface area (TPSA) is 96.2 Å². The van der Waals surface area contributed by atoms with Crippen LogP contribution in [0.3, 0.4) is 0 Å². The number of nitrogen functional groups attached to an aromatic ring is 1. The third-order valence-electron chi connectivity index (χ3n) is 3.11. The molecule has 1 aromatic heterocycles. The van der Waals surface area contributed by atoms with Gasteiger partial charge in [0.25, 0.3) is 5.91 Å². The summed E-state index contributed by atoms with van der Waals surface area (Å²) in [6, 6.07) is 1.62. The molecule has 1 amide bonds. The van der Waals surface area contributed by atoms with Gasteiger partial charge in [-0.25, -0.2) is 15.8 Å². The van der Waals surface area contributed by atoms with Crippen LogP contribution in [0.4, 0.5) is 5.95 Å². The van der Waals surface area contributed by atoms with Crippen molar-refractivity contribution in [2.45, 2.75) is 26.3 Å². The minimum atomic E-state index is -0.239. The van der Waals surface area contributed by atoms with Gasteiger partial charge in [-0.05, 0) is 40.9 Å². The normalized spacial score (nSPS) is 11.5. The van der Waals surface area contributed by atoms with Crippen LogP contribution < -0.4 is 16.6 Å². The molecule has 0 aliphatic carbocycles. The Morgan fingerprint density at radius 3 is 2.58 bits per heavy atom. The van der Waals surface area contributed by atoms with Gasteiger partial charge < -0.3 is 10.2 Å². The number of nitrogens with one attached hydrogen (secondary N) is 2. The summed E-state index contributed by atoms with van der Waals surface area (Å²) in [6.45, 7) is 6.40. The van der Waals surface area contributed by atoms with Crippen molar-refractivity contribution >= 4 is 11.9 Å². The van der Waals surface area contributed by atoms with Gasteiger partial charge in [-0.1, -0.05) is 0 Å². The molecule has 0 aromatic carbocycles. The van der Waals surface area contributed by atoms with Crippen LogP contribution in [-0.2, 0) is 0 Å². The van der Waals surface area contributed by atoms with E-state index in [9.17, 15) is 4.79 Å². The molecule has 0 saturated carbocycles. The van der Waals surface area contributed by atoms with Gasteiger partial charge in [-0.2, -0.15) is 0 Å². The molecule has 0 aliphatic heterocycles. The third-order valence-corrected chi connectivity index (χ3v) is 3.11. The molecular formula is C12H22N6O. The number of anilines is 1. The maximum atomic E-state index is 12.0. The number of hydrogen-bond acceptors (Lipinski definition) is 6. The summed E-state index contributed by atoms with van der Waals surface area (Å²) in [4.78, 5) is 22.2. The molecule has 7 nitrogen and oxygen atoms in total. The first kappa shape index (κ1) is 15.3. The van der Waals surface area contributed by atoms with E-state index >= 15 is 0 Å². The maximum absolute atomic E-state index is 12.0. The molecule has 0 unspecified atom stereocenters. The molecule has 106 valence electrons. The van der Waals surface area contributed by atoms with E-state index < -0.39 is 0 Å². The number of likely N-dealkylation sites (N-methyl/N-ethyl adjacent to an activating group) is 1. The largest absolute Gasteiger partial charge is 0.349 e. The summed E-state index contributed by atoms with van der Waals surface area (Å²) in [6.07, 6.45) is 0. The number of nitrogens with two attached hydrogens (primary N) is 1. The first-order valence-electron chi connectivity index (χ1n) is 6.04. The lowest BCUT2D eigenvalue weighted by atomic mass is 10.0. The van der Waals surface area contributed by atoms with E-state index in [1.807, 2.05) is 32.8 Å². The SMILES string of the molecule is Cc1cc(C(=O)NCC(C)(C)N(C)C)nc(NN)n1. The van der Waals surface area contributed by atoms with Crippen molar-refractivity contribution in [3.8, 4) is 0 Å². The molecular weight excluding hydrogens is 244 g/mol. The first-order valence-corrected chi connectivity index (χ1v) is 6.04. The van der Waals surface area contributed by atoms with Crippen LogP contribution in [0.5, 0.6) is 0 Å². The Kier molecular flexibility index (Phi) is 4.79. The third kappa shape index (κ3) is 4.15. The van der Waals surface area contributed by atoms with Crippen molar-refractivity contribution in [1.82, 2.24) is 20.2 Å². The van der Waals surface area contributed by atoms with Crippen LogP contribution >= 0.6 is 0 Å². The molecule has 19 heavy (non-hydrogen) atoms. The molecule has 1 rings (SSSR count). The van der Waals surface area contributed by atoms with E-state index in [0.717, 1.165) is 0 Å². The number of hydrogen-bond donors (Lipinski definition) is 3. The standard InChI is InChI=1S/C12H22N6O/c1-8-6-9(16-11(15-8)17-13)10(19)14-7-12(2,3)18(4)5/h6H,7,13H2,1-5H3,(H,14,19)(H,15,16,17). The van der Waals surface area contributed by atoms with Crippen molar-refractivity contribution in [1.29, 1.82) is 0 Å². The number of carbonyl (C=O) groups excluding carboxylic acids is 1. The summed E-state index contributed by atoms with van der Waals surface area (Å²) in [7, 11) is 3.94. The van der Waals surface area contributed by atoms with E-state index in [4.69, 9.17) is 5.84 Å². The van der Waals surface area contributed by atoms with Gasteiger partial charge >= 0.3 is 0 Å². The van der Waals surface area contributed by atoms with Crippen molar-refractivity contribution < 1.29 is 4.79 Å². The molecule has 7 heteroatoms. The van der Waals surface area contributed by atoms with Crippen LogP contribution in [0, 0.1) is 6.92 Å². The summed E-state index contributed by atoms with van der Waals surface area (Å²) >= 11 is 0. The number of rotatable bonds is 5. The summed E-state index contributed by atoms with van der Waals surface area (Å²) in [5, 5.41) is 2.86. The van der Waals surface area contributed by atoms with Gasteiger partial charge in [0.15, 0.2) is 0 Å². The van der Waals surface area contributed by atoms with Gasteiger partial charge in [-0.15, -0.1) is 0 Å². The molecule has 1 aromatic rings. The highest BCUT2D eigenvalue weighted by Gasteiger charge is 2.22. The van der Waals surface area contributed by atoms with Crippen LogP contribution in [0.2, 0.25) is 0 Å². The monoisotopic (exact) mass is 266 g/mol. The highest BCUT2D eigenvalue weighted by Crippen LogP contribution is 2.09. The second-order valence-corrected chi connectivity index (χ2v) is 5.25. The van der Waals surface area contributed by atoms with E-state index in [-0.39, 0.29) is 17.4 Å². The van der Waals surface area contributed by atoms with Crippen molar-refractivity contribution in [2.75, 3.05) is 26.1 Å². The van der Waals surface area contributed by atoms with Crippen LogP contribution in [-0.4, -0.2) is 47.0 Å². The average Bonchev–Trinajstić information content (AvgIpc) is 2.34. The highest BCUT2D eigenvalue weighted by atomic mass is 16.1. The van der Waals surface area contributed by atoms with E-state index in [1.165, 1.54) is 0 Å². The number of nitrogens with zero attached hydrogens (tertiary/aromatic N) is 3. The van der Waals surface area contributed by atoms with Gasteiger partial charge in [0.05, 0.1) is 0 Å². The zero-order chi connectivity index (χ0) is 14.6. The lowest BCUT2D eigenvalue weighted by Crippen LogP contribution is -2.48. The quantitative estimate of drug-likeness (QED) is 0.518. The molecule has 1 heterocycles. The predicted octanol–water partition coefficient (Wildman–Crippen LogP) is 0.141. The van der Waals surface area contributed by atoms with Crippen molar-refractivity contribution in [3.63, 3.8) is 0 Å². The lowest BCUT2D eigenvalue weighted by Gasteiger charge is -2.32. The minimum absolute atomic E-state index is 0.132. The van der Waals surface area contributed by atoms with E-state index in [2.05, 4.69) is 20.7 Å². The minimum Gasteiger partial charge on any atom is -0.349 e. The Morgan fingerprint density at radius 1 is 1.42 bits per heavy atom. The zero-order valence-electron chi connectivity index (χ0n) is 12.1. The van der Waals surface area contributed by atoms with Crippen LogP contribution in [0.15, 0.2) is 6.07 Å². The molecule has 0 fully saturated rings. The maximum Gasteiger partial charge on any atom is 0.270 e. The lowest BCUT2D eigenvalue weighted by molar-refractivity contribution is 0.0914. The Labute approximate surface area is 113 Å². The smallest absolute Gasteiger partial charge is 0.270 e. The van der Waals surface area contributed by atoms with Crippen LogP contribution in [0.25, 0.3) is 0 Å². The number of hydrazine groups is 1. The Hall–Kier alpha value is -1.73. The summed E-state index contributed by atoms with van der Waals surface area (Å²) in [5.74, 6) is 5.25. The fraction of sp³-hybridized carbons (Fsp3) is 0.583. The zero-order valence-corrected chi connectivity index (χ0v) is 12.1. The number of aromatic nitrogens is 2. The molecule has 0 atom stereocenters. The molecule has 4 N–H and O–H groups in total. The van der Waals surface area contributed by atoms with Gasteiger partial charge in [0.2, 0.25) is 5.95 Å². The van der Waals surface area contributed by atoms with E-state index in [0.29, 0.717) is 17.9 Å². The van der Waals surface area contributed by atoms with Gasteiger partial charge in [0, 0.05) is 17.8 Å². The average molecular weight is 266 g/mol. The second-order valence-electron chi connectivity index (χ2n) is 5.25. The first-order chi connectivity index (χ1) is 8.76. The Morgan fingerprint density at radius 2 is 2.05 bits per heavy atom.